The SMILES string of the molecule is CCCCCCCCCCCCCCCCCC[N+](CCO)(CCO)CCO. The third-order valence-electron chi connectivity index (χ3n) is 6.21. The number of quaternary nitrogens is 1. The molecule has 0 bridgehead atoms. The van der Waals surface area contributed by atoms with E-state index in [1.807, 2.05) is 0 Å². The van der Waals surface area contributed by atoms with Crippen LogP contribution >= 0.6 is 0 Å². The molecule has 3 N–H and O–H groups in total. The normalized spacial score (nSPS) is 12.0. The second-order valence-corrected chi connectivity index (χ2v) is 8.71. The van der Waals surface area contributed by atoms with Gasteiger partial charge in [-0.05, 0) is 12.8 Å². The van der Waals surface area contributed by atoms with Crippen molar-refractivity contribution in [2.45, 2.75) is 110 Å². The first-order chi connectivity index (χ1) is 13.7. The van der Waals surface area contributed by atoms with Gasteiger partial charge in [0.05, 0.1) is 26.4 Å². The van der Waals surface area contributed by atoms with Gasteiger partial charge in [-0.2, -0.15) is 0 Å². The van der Waals surface area contributed by atoms with Gasteiger partial charge in [0.15, 0.2) is 0 Å². The Hall–Kier alpha value is -0.160. The molecule has 0 aliphatic heterocycles. The minimum absolute atomic E-state index is 0.124. The summed E-state index contributed by atoms with van der Waals surface area (Å²) in [4.78, 5) is 0. The van der Waals surface area contributed by atoms with Gasteiger partial charge in [0.1, 0.15) is 19.6 Å². The number of hydrogen-bond donors (Lipinski definition) is 3. The first-order valence-electron chi connectivity index (χ1n) is 12.4. The molecule has 170 valence electrons. The first-order valence-corrected chi connectivity index (χ1v) is 12.4. The van der Waals surface area contributed by atoms with E-state index < -0.39 is 0 Å². The van der Waals surface area contributed by atoms with Crippen molar-refractivity contribution in [1.82, 2.24) is 0 Å². The minimum Gasteiger partial charge on any atom is -0.391 e. The lowest BCUT2D eigenvalue weighted by molar-refractivity contribution is -0.929. The van der Waals surface area contributed by atoms with Crippen molar-refractivity contribution in [1.29, 1.82) is 0 Å². The minimum atomic E-state index is 0.124. The summed E-state index contributed by atoms with van der Waals surface area (Å²) >= 11 is 0. The average molecular weight is 403 g/mol. The molecule has 4 nitrogen and oxygen atoms in total. The molecular formula is C24H52NO3+. The predicted octanol–water partition coefficient (Wildman–Crippen LogP) is 5.04. The Balaban J connectivity index is 3.46. The van der Waals surface area contributed by atoms with E-state index in [0.717, 1.165) is 13.0 Å². The lowest BCUT2D eigenvalue weighted by atomic mass is 10.0. The number of hydrogen-bond acceptors (Lipinski definition) is 3. The highest BCUT2D eigenvalue weighted by atomic mass is 16.3. The van der Waals surface area contributed by atoms with Crippen molar-refractivity contribution in [2.24, 2.45) is 0 Å². The molecule has 0 aromatic heterocycles. The molecular weight excluding hydrogens is 350 g/mol. The van der Waals surface area contributed by atoms with Gasteiger partial charge >= 0.3 is 0 Å². The molecule has 0 saturated carbocycles. The number of aliphatic hydroxyl groups excluding tert-OH is 3. The van der Waals surface area contributed by atoms with Gasteiger partial charge < -0.3 is 19.8 Å². The molecule has 0 spiro atoms. The quantitative estimate of drug-likeness (QED) is 0.166. The van der Waals surface area contributed by atoms with E-state index in [1.54, 1.807) is 0 Å². The van der Waals surface area contributed by atoms with Crippen molar-refractivity contribution in [3.8, 4) is 0 Å². The van der Waals surface area contributed by atoms with E-state index in [9.17, 15) is 15.3 Å². The van der Waals surface area contributed by atoms with E-state index in [2.05, 4.69) is 6.92 Å². The van der Waals surface area contributed by atoms with Crippen LogP contribution in [0.2, 0.25) is 0 Å². The predicted molar refractivity (Wildman–Crippen MR) is 121 cm³/mol. The molecule has 0 aliphatic rings. The van der Waals surface area contributed by atoms with Crippen LogP contribution in [0.3, 0.4) is 0 Å². The second-order valence-electron chi connectivity index (χ2n) is 8.71. The second kappa shape index (κ2) is 21.5. The molecule has 28 heavy (non-hydrogen) atoms. The van der Waals surface area contributed by atoms with Crippen LogP contribution in [0.1, 0.15) is 110 Å². The molecule has 0 saturated heterocycles. The first kappa shape index (κ1) is 27.8. The molecule has 0 aromatic carbocycles. The largest absolute Gasteiger partial charge is 0.391 e. The Morgan fingerprint density at radius 2 is 0.679 bits per heavy atom. The Kier molecular flexibility index (Phi) is 21.4. The fourth-order valence-electron chi connectivity index (χ4n) is 4.30. The van der Waals surface area contributed by atoms with Gasteiger partial charge in [-0.15, -0.1) is 0 Å². The van der Waals surface area contributed by atoms with Crippen LogP contribution in [0.4, 0.5) is 0 Å². The zero-order valence-corrected chi connectivity index (χ0v) is 19.1. The summed E-state index contributed by atoms with van der Waals surface area (Å²) in [5, 5.41) is 27.9. The summed E-state index contributed by atoms with van der Waals surface area (Å²) < 4.78 is 0.655. The molecule has 0 heterocycles. The lowest BCUT2D eigenvalue weighted by Crippen LogP contribution is -2.53. The smallest absolute Gasteiger partial charge is 0.102 e. The van der Waals surface area contributed by atoms with E-state index in [-0.39, 0.29) is 19.8 Å². The van der Waals surface area contributed by atoms with Gasteiger partial charge in [-0.3, -0.25) is 0 Å². The highest BCUT2D eigenvalue weighted by Gasteiger charge is 2.25. The molecule has 0 unspecified atom stereocenters. The third kappa shape index (κ3) is 16.8. The molecule has 0 fully saturated rings. The molecule has 0 aliphatic carbocycles. The van der Waals surface area contributed by atoms with Crippen molar-refractivity contribution in [2.75, 3.05) is 46.0 Å². The van der Waals surface area contributed by atoms with Crippen LogP contribution in [-0.4, -0.2) is 65.8 Å². The summed E-state index contributed by atoms with van der Waals surface area (Å²) in [7, 11) is 0. The lowest BCUT2D eigenvalue weighted by Gasteiger charge is -2.37. The summed E-state index contributed by atoms with van der Waals surface area (Å²) in [6.07, 6.45) is 21.9. The van der Waals surface area contributed by atoms with Crippen LogP contribution in [0.15, 0.2) is 0 Å². The van der Waals surface area contributed by atoms with E-state index in [4.69, 9.17) is 0 Å². The van der Waals surface area contributed by atoms with E-state index >= 15 is 0 Å². The van der Waals surface area contributed by atoms with Crippen molar-refractivity contribution in [3.05, 3.63) is 0 Å². The summed E-state index contributed by atoms with van der Waals surface area (Å²) in [5.74, 6) is 0. The van der Waals surface area contributed by atoms with Crippen LogP contribution in [0.25, 0.3) is 0 Å². The fourth-order valence-corrected chi connectivity index (χ4v) is 4.30. The Morgan fingerprint density at radius 1 is 0.393 bits per heavy atom. The highest BCUT2D eigenvalue weighted by molar-refractivity contribution is 4.51. The van der Waals surface area contributed by atoms with Gasteiger partial charge in [0, 0.05) is 0 Å². The van der Waals surface area contributed by atoms with Crippen LogP contribution in [-0.2, 0) is 0 Å². The van der Waals surface area contributed by atoms with Crippen molar-refractivity contribution < 1.29 is 19.8 Å². The standard InChI is InChI=1S/C24H52NO3/c1-2-3-4-5-6-7-8-9-10-11-12-13-14-15-16-17-18-25(19-22-26,20-23-27)21-24-28/h26-28H,2-24H2,1H3/q+1. The summed E-state index contributed by atoms with van der Waals surface area (Å²) in [6.45, 7) is 5.53. The third-order valence-corrected chi connectivity index (χ3v) is 6.21. The maximum atomic E-state index is 9.31. The Labute approximate surface area is 175 Å². The molecule has 0 aromatic rings. The fraction of sp³-hybridized carbons (Fsp3) is 1.00. The Bertz CT molecular complexity index is 283. The zero-order valence-electron chi connectivity index (χ0n) is 19.1. The molecule has 0 atom stereocenters. The molecule has 0 radical (unpaired) electrons. The molecule has 4 heteroatoms. The van der Waals surface area contributed by atoms with Crippen molar-refractivity contribution >= 4 is 0 Å². The van der Waals surface area contributed by atoms with Crippen molar-refractivity contribution in [3.63, 3.8) is 0 Å². The average Bonchev–Trinajstić information content (AvgIpc) is 2.68. The number of aliphatic hydroxyl groups is 3. The van der Waals surface area contributed by atoms with E-state index in [1.165, 1.54) is 96.3 Å². The van der Waals surface area contributed by atoms with Gasteiger partial charge in [-0.1, -0.05) is 96.8 Å². The number of nitrogens with zero attached hydrogens (tertiary/aromatic N) is 1. The number of rotatable bonds is 23. The monoisotopic (exact) mass is 402 g/mol. The maximum Gasteiger partial charge on any atom is 0.102 e. The van der Waals surface area contributed by atoms with E-state index in [0.29, 0.717) is 24.1 Å². The summed E-state index contributed by atoms with van der Waals surface area (Å²) in [6, 6.07) is 0. The topological polar surface area (TPSA) is 60.7 Å². The van der Waals surface area contributed by atoms with Crippen LogP contribution < -0.4 is 0 Å². The van der Waals surface area contributed by atoms with Gasteiger partial charge in [0.25, 0.3) is 0 Å². The molecule has 0 rings (SSSR count). The van der Waals surface area contributed by atoms with Gasteiger partial charge in [-0.25, -0.2) is 0 Å². The Morgan fingerprint density at radius 3 is 0.964 bits per heavy atom. The summed E-state index contributed by atoms with van der Waals surface area (Å²) in [5.41, 5.74) is 0. The van der Waals surface area contributed by atoms with Crippen LogP contribution in [0, 0.1) is 0 Å². The van der Waals surface area contributed by atoms with Gasteiger partial charge in [0.2, 0.25) is 0 Å². The molecule has 0 amide bonds. The number of unbranched alkanes of at least 4 members (excludes halogenated alkanes) is 15. The maximum absolute atomic E-state index is 9.31. The highest BCUT2D eigenvalue weighted by Crippen LogP contribution is 2.15. The zero-order chi connectivity index (χ0) is 20.8. The van der Waals surface area contributed by atoms with Crippen LogP contribution in [0.5, 0.6) is 0 Å².